The van der Waals surface area contributed by atoms with Crippen molar-refractivity contribution in [2.75, 3.05) is 11.1 Å². The van der Waals surface area contributed by atoms with Crippen LogP contribution in [0.3, 0.4) is 0 Å². The molecule has 0 radical (unpaired) electrons. The Balaban J connectivity index is 2.23. The number of nitrogens with one attached hydrogen (secondary N) is 1. The zero-order chi connectivity index (χ0) is 14.0. The Hall–Kier alpha value is -2.20. The van der Waals surface area contributed by atoms with Gasteiger partial charge in [-0.05, 0) is 42.8 Å². The van der Waals surface area contributed by atoms with E-state index in [0.29, 0.717) is 16.4 Å². The molecule has 0 saturated carbocycles. The molecule has 0 spiro atoms. The van der Waals surface area contributed by atoms with Gasteiger partial charge in [-0.15, -0.1) is 0 Å². The van der Waals surface area contributed by atoms with Gasteiger partial charge in [-0.2, -0.15) is 0 Å². The number of phenolic OH excluding ortho intramolecular Hbond substituents is 1. The summed E-state index contributed by atoms with van der Waals surface area (Å²) in [4.78, 5) is 12.0. The van der Waals surface area contributed by atoms with Crippen LogP contribution in [0.25, 0.3) is 0 Å². The van der Waals surface area contributed by atoms with E-state index in [1.54, 1.807) is 30.3 Å². The fourth-order valence-electron chi connectivity index (χ4n) is 1.65. The van der Waals surface area contributed by atoms with Crippen LogP contribution in [-0.4, -0.2) is 11.0 Å². The van der Waals surface area contributed by atoms with Crippen molar-refractivity contribution in [2.45, 2.75) is 6.92 Å². The van der Waals surface area contributed by atoms with Gasteiger partial charge >= 0.3 is 0 Å². The predicted octanol–water partition coefficient (Wildman–Crippen LogP) is 3.19. The standard InChI is InChI=1S/C14H13ClN2O2/c1-8-2-4-10(13(18)6-8)14(19)17-9-3-5-11(15)12(16)7-9/h2-7,18H,16H2,1H3,(H,17,19). The number of phenols is 1. The highest BCUT2D eigenvalue weighted by Gasteiger charge is 2.11. The summed E-state index contributed by atoms with van der Waals surface area (Å²) in [6.45, 7) is 1.83. The Kier molecular flexibility index (Phi) is 3.62. The van der Waals surface area contributed by atoms with E-state index in [9.17, 15) is 9.90 Å². The van der Waals surface area contributed by atoms with Crippen LogP contribution >= 0.6 is 11.6 Å². The molecule has 2 aromatic carbocycles. The van der Waals surface area contributed by atoms with E-state index in [0.717, 1.165) is 5.56 Å². The molecular formula is C14H13ClN2O2. The van der Waals surface area contributed by atoms with Gasteiger partial charge in [-0.3, -0.25) is 4.79 Å². The molecule has 0 aromatic heterocycles. The largest absolute Gasteiger partial charge is 0.507 e. The lowest BCUT2D eigenvalue weighted by molar-refractivity contribution is 0.102. The number of hydrogen-bond donors (Lipinski definition) is 3. The third-order valence-corrected chi connectivity index (χ3v) is 3.00. The van der Waals surface area contributed by atoms with Crippen molar-refractivity contribution in [1.29, 1.82) is 0 Å². The van der Waals surface area contributed by atoms with Gasteiger partial charge in [0.2, 0.25) is 0 Å². The maximum absolute atomic E-state index is 12.0. The monoisotopic (exact) mass is 276 g/mol. The molecule has 0 aliphatic carbocycles. The highest BCUT2D eigenvalue weighted by atomic mass is 35.5. The van der Waals surface area contributed by atoms with Crippen molar-refractivity contribution < 1.29 is 9.90 Å². The summed E-state index contributed by atoms with van der Waals surface area (Å²) in [6.07, 6.45) is 0. The normalized spacial score (nSPS) is 10.2. The van der Waals surface area contributed by atoms with Crippen LogP contribution in [0.15, 0.2) is 36.4 Å². The smallest absolute Gasteiger partial charge is 0.259 e. The second-order valence-corrected chi connectivity index (χ2v) is 4.62. The van der Waals surface area contributed by atoms with Crippen molar-refractivity contribution in [3.8, 4) is 5.75 Å². The van der Waals surface area contributed by atoms with E-state index >= 15 is 0 Å². The quantitative estimate of drug-likeness (QED) is 0.737. The molecule has 0 aliphatic heterocycles. The summed E-state index contributed by atoms with van der Waals surface area (Å²) >= 11 is 5.80. The van der Waals surface area contributed by atoms with Crippen LogP contribution in [-0.2, 0) is 0 Å². The summed E-state index contributed by atoms with van der Waals surface area (Å²) < 4.78 is 0. The fraction of sp³-hybridized carbons (Fsp3) is 0.0714. The van der Waals surface area contributed by atoms with Crippen molar-refractivity contribution in [3.05, 3.63) is 52.5 Å². The van der Waals surface area contributed by atoms with Gasteiger partial charge < -0.3 is 16.2 Å². The lowest BCUT2D eigenvalue weighted by atomic mass is 10.1. The Morgan fingerprint density at radius 3 is 2.63 bits per heavy atom. The number of hydrogen-bond acceptors (Lipinski definition) is 3. The second-order valence-electron chi connectivity index (χ2n) is 4.21. The maximum Gasteiger partial charge on any atom is 0.259 e. The van der Waals surface area contributed by atoms with Crippen LogP contribution in [0.4, 0.5) is 11.4 Å². The molecule has 4 nitrogen and oxygen atoms in total. The van der Waals surface area contributed by atoms with Crippen molar-refractivity contribution in [1.82, 2.24) is 0 Å². The van der Waals surface area contributed by atoms with Crippen LogP contribution < -0.4 is 11.1 Å². The predicted molar refractivity (Wildman–Crippen MR) is 76.7 cm³/mol. The molecule has 0 heterocycles. The van der Waals surface area contributed by atoms with Crippen LogP contribution in [0.2, 0.25) is 5.02 Å². The van der Waals surface area contributed by atoms with E-state index in [1.165, 1.54) is 6.07 Å². The van der Waals surface area contributed by atoms with E-state index < -0.39 is 5.91 Å². The number of benzene rings is 2. The molecule has 0 saturated heterocycles. The molecule has 1 amide bonds. The zero-order valence-corrected chi connectivity index (χ0v) is 11.0. The van der Waals surface area contributed by atoms with E-state index in [4.69, 9.17) is 17.3 Å². The summed E-state index contributed by atoms with van der Waals surface area (Å²) in [6, 6.07) is 9.66. The number of nitrogens with two attached hydrogens (primary N) is 1. The van der Waals surface area contributed by atoms with Crippen LogP contribution in [0.1, 0.15) is 15.9 Å². The average molecular weight is 277 g/mol. The number of rotatable bonds is 2. The fourth-order valence-corrected chi connectivity index (χ4v) is 1.77. The minimum Gasteiger partial charge on any atom is -0.507 e. The SMILES string of the molecule is Cc1ccc(C(=O)Nc2ccc(Cl)c(N)c2)c(O)c1. The van der Waals surface area contributed by atoms with E-state index in [-0.39, 0.29) is 11.3 Å². The molecule has 4 N–H and O–H groups in total. The molecule has 0 aliphatic rings. The highest BCUT2D eigenvalue weighted by Crippen LogP contribution is 2.24. The lowest BCUT2D eigenvalue weighted by Gasteiger charge is -2.08. The second kappa shape index (κ2) is 5.20. The Bertz CT molecular complexity index is 641. The van der Waals surface area contributed by atoms with Crippen LogP contribution in [0.5, 0.6) is 5.75 Å². The summed E-state index contributed by atoms with van der Waals surface area (Å²) in [5.41, 5.74) is 7.64. The van der Waals surface area contributed by atoms with Crippen molar-refractivity contribution in [2.24, 2.45) is 0 Å². The summed E-state index contributed by atoms with van der Waals surface area (Å²) in [7, 11) is 0. The summed E-state index contributed by atoms with van der Waals surface area (Å²) in [5, 5.41) is 12.8. The first kappa shape index (κ1) is 13.2. The van der Waals surface area contributed by atoms with Crippen LogP contribution in [0, 0.1) is 6.92 Å². The van der Waals surface area contributed by atoms with Gasteiger partial charge in [0, 0.05) is 5.69 Å². The molecule has 0 unspecified atom stereocenters. The number of nitrogen functional groups attached to an aromatic ring is 1. The molecule has 98 valence electrons. The number of carbonyl (C=O) groups is 1. The topological polar surface area (TPSA) is 75.4 Å². The third-order valence-electron chi connectivity index (χ3n) is 2.65. The number of aryl methyl sites for hydroxylation is 1. The number of carbonyl (C=O) groups excluding carboxylic acids is 1. The molecular weight excluding hydrogens is 264 g/mol. The zero-order valence-electron chi connectivity index (χ0n) is 10.3. The Labute approximate surface area is 115 Å². The first-order valence-corrected chi connectivity index (χ1v) is 6.01. The van der Waals surface area contributed by atoms with Gasteiger partial charge in [-0.1, -0.05) is 17.7 Å². The molecule has 2 rings (SSSR count). The molecule has 5 heteroatoms. The van der Waals surface area contributed by atoms with Gasteiger partial charge in [0.15, 0.2) is 0 Å². The Morgan fingerprint density at radius 1 is 1.26 bits per heavy atom. The molecule has 0 atom stereocenters. The summed E-state index contributed by atoms with van der Waals surface area (Å²) in [5.74, 6) is -0.460. The third kappa shape index (κ3) is 2.98. The van der Waals surface area contributed by atoms with Crippen molar-refractivity contribution >= 4 is 28.9 Å². The number of aromatic hydroxyl groups is 1. The maximum atomic E-state index is 12.0. The Morgan fingerprint density at radius 2 is 2.00 bits per heavy atom. The van der Waals surface area contributed by atoms with Gasteiger partial charge in [0.05, 0.1) is 16.3 Å². The first-order chi connectivity index (χ1) is 8.97. The molecule has 19 heavy (non-hydrogen) atoms. The van der Waals surface area contributed by atoms with E-state index in [1.807, 2.05) is 6.92 Å². The lowest BCUT2D eigenvalue weighted by Crippen LogP contribution is -2.12. The van der Waals surface area contributed by atoms with E-state index in [2.05, 4.69) is 5.32 Å². The molecule has 2 aromatic rings. The first-order valence-electron chi connectivity index (χ1n) is 5.63. The van der Waals surface area contributed by atoms with Crippen molar-refractivity contribution in [3.63, 3.8) is 0 Å². The molecule has 0 bridgehead atoms. The minimum absolute atomic E-state index is 0.0561. The van der Waals surface area contributed by atoms with Gasteiger partial charge in [0.1, 0.15) is 5.75 Å². The molecule has 0 fully saturated rings. The average Bonchev–Trinajstić information content (AvgIpc) is 2.33. The number of anilines is 2. The van der Waals surface area contributed by atoms with Gasteiger partial charge in [0.25, 0.3) is 5.91 Å². The minimum atomic E-state index is -0.403. The highest BCUT2D eigenvalue weighted by molar-refractivity contribution is 6.33. The number of halogens is 1. The van der Waals surface area contributed by atoms with Gasteiger partial charge in [-0.25, -0.2) is 0 Å². The number of amides is 1.